The van der Waals surface area contributed by atoms with E-state index in [1.165, 1.54) is 17.7 Å². The quantitative estimate of drug-likeness (QED) is 0.864. The lowest BCUT2D eigenvalue weighted by atomic mass is 10.2. The summed E-state index contributed by atoms with van der Waals surface area (Å²) in [7, 11) is 0. The van der Waals surface area contributed by atoms with Gasteiger partial charge in [-0.05, 0) is 29.8 Å². The number of benzene rings is 2. The SMILES string of the molecule is O=C(N[C@H]1CC(=O)N(c2ccc(F)cc2)C1)N1CCN(Cc2ccccc2)CC1. The minimum Gasteiger partial charge on any atom is -0.333 e. The van der Waals surface area contributed by atoms with Gasteiger partial charge in [0.05, 0.1) is 6.04 Å². The highest BCUT2D eigenvalue weighted by Gasteiger charge is 2.33. The van der Waals surface area contributed by atoms with Gasteiger partial charge in [-0.15, -0.1) is 0 Å². The number of piperazine rings is 1. The van der Waals surface area contributed by atoms with E-state index in [2.05, 4.69) is 22.3 Å². The van der Waals surface area contributed by atoms with Gasteiger partial charge in [-0.25, -0.2) is 9.18 Å². The molecule has 2 aromatic rings. The zero-order chi connectivity index (χ0) is 20.2. The molecule has 4 rings (SSSR count). The highest BCUT2D eigenvalue weighted by molar-refractivity contribution is 5.96. The molecule has 0 radical (unpaired) electrons. The molecule has 29 heavy (non-hydrogen) atoms. The lowest BCUT2D eigenvalue weighted by Crippen LogP contribution is -2.53. The van der Waals surface area contributed by atoms with Crippen LogP contribution in [-0.2, 0) is 11.3 Å². The highest BCUT2D eigenvalue weighted by Crippen LogP contribution is 2.22. The first-order valence-corrected chi connectivity index (χ1v) is 9.96. The van der Waals surface area contributed by atoms with Gasteiger partial charge in [0, 0.05) is 51.4 Å². The Labute approximate surface area is 169 Å². The largest absolute Gasteiger partial charge is 0.333 e. The smallest absolute Gasteiger partial charge is 0.317 e. The maximum atomic E-state index is 13.1. The van der Waals surface area contributed by atoms with E-state index in [4.69, 9.17) is 0 Å². The summed E-state index contributed by atoms with van der Waals surface area (Å²) >= 11 is 0. The third-order valence-electron chi connectivity index (χ3n) is 5.50. The summed E-state index contributed by atoms with van der Waals surface area (Å²) in [5.41, 5.74) is 1.93. The van der Waals surface area contributed by atoms with Gasteiger partial charge in [0.25, 0.3) is 0 Å². The van der Waals surface area contributed by atoms with Crippen molar-refractivity contribution < 1.29 is 14.0 Å². The normalized spacial score (nSPS) is 20.2. The second kappa shape index (κ2) is 8.61. The Balaban J connectivity index is 1.26. The third-order valence-corrected chi connectivity index (χ3v) is 5.50. The summed E-state index contributed by atoms with van der Waals surface area (Å²) in [6, 6.07) is 15.8. The van der Waals surface area contributed by atoms with Crippen LogP contribution in [0, 0.1) is 5.82 Å². The lowest BCUT2D eigenvalue weighted by Gasteiger charge is -2.35. The molecule has 7 heteroatoms. The number of rotatable bonds is 4. The van der Waals surface area contributed by atoms with Crippen molar-refractivity contribution in [3.05, 3.63) is 66.0 Å². The van der Waals surface area contributed by atoms with Crippen molar-refractivity contribution in [2.45, 2.75) is 19.0 Å². The topological polar surface area (TPSA) is 55.9 Å². The van der Waals surface area contributed by atoms with Crippen LogP contribution in [0.4, 0.5) is 14.9 Å². The van der Waals surface area contributed by atoms with Crippen LogP contribution in [0.15, 0.2) is 54.6 Å². The average Bonchev–Trinajstić information content (AvgIpc) is 3.10. The number of urea groups is 1. The van der Waals surface area contributed by atoms with Crippen molar-refractivity contribution in [2.75, 3.05) is 37.6 Å². The number of hydrogen-bond donors (Lipinski definition) is 1. The first-order chi connectivity index (χ1) is 14.1. The van der Waals surface area contributed by atoms with Crippen LogP contribution in [0.1, 0.15) is 12.0 Å². The summed E-state index contributed by atoms with van der Waals surface area (Å²) in [6.45, 7) is 4.29. The van der Waals surface area contributed by atoms with Gasteiger partial charge in [-0.1, -0.05) is 30.3 Å². The maximum absolute atomic E-state index is 13.1. The number of nitrogens with zero attached hydrogens (tertiary/aromatic N) is 3. The van der Waals surface area contributed by atoms with Crippen LogP contribution in [0.3, 0.4) is 0 Å². The Bertz CT molecular complexity index is 851. The number of amides is 3. The molecule has 2 aliphatic heterocycles. The molecule has 2 aromatic carbocycles. The van der Waals surface area contributed by atoms with Gasteiger partial charge in [0.2, 0.25) is 5.91 Å². The number of halogens is 1. The van der Waals surface area contributed by atoms with Gasteiger partial charge in [-0.2, -0.15) is 0 Å². The van der Waals surface area contributed by atoms with Crippen LogP contribution < -0.4 is 10.2 Å². The standard InChI is InChI=1S/C22H25FN4O2/c23-18-6-8-20(9-7-18)27-16-19(14-21(27)28)24-22(29)26-12-10-25(11-13-26)15-17-4-2-1-3-5-17/h1-9,19H,10-16H2,(H,24,29)/t19-/m0/s1. The predicted octanol–water partition coefficient (Wildman–Crippen LogP) is 2.46. The van der Waals surface area contributed by atoms with Crippen molar-refractivity contribution in [1.29, 1.82) is 0 Å². The molecule has 2 saturated heterocycles. The van der Waals surface area contributed by atoms with Crippen molar-refractivity contribution in [3.8, 4) is 0 Å². The van der Waals surface area contributed by atoms with E-state index in [0.29, 0.717) is 25.3 Å². The number of carbonyl (C=O) groups is 2. The fraction of sp³-hybridized carbons (Fsp3) is 0.364. The first-order valence-electron chi connectivity index (χ1n) is 9.96. The van der Waals surface area contributed by atoms with Crippen LogP contribution in [-0.4, -0.2) is 60.5 Å². The van der Waals surface area contributed by atoms with E-state index in [0.717, 1.165) is 19.6 Å². The van der Waals surface area contributed by atoms with Crippen LogP contribution >= 0.6 is 0 Å². The van der Waals surface area contributed by atoms with E-state index in [9.17, 15) is 14.0 Å². The predicted molar refractivity (Wildman–Crippen MR) is 109 cm³/mol. The molecule has 1 atom stereocenters. The molecular formula is C22H25FN4O2. The molecule has 2 aliphatic rings. The average molecular weight is 396 g/mol. The van der Waals surface area contributed by atoms with Crippen molar-refractivity contribution in [3.63, 3.8) is 0 Å². The van der Waals surface area contributed by atoms with Crippen molar-refractivity contribution in [2.24, 2.45) is 0 Å². The van der Waals surface area contributed by atoms with Crippen LogP contribution in [0.2, 0.25) is 0 Å². The summed E-state index contributed by atoms with van der Waals surface area (Å²) in [5.74, 6) is -0.397. The molecule has 6 nitrogen and oxygen atoms in total. The zero-order valence-corrected chi connectivity index (χ0v) is 16.3. The monoisotopic (exact) mass is 396 g/mol. The Kier molecular flexibility index (Phi) is 5.76. The third kappa shape index (κ3) is 4.74. The molecule has 3 amide bonds. The molecule has 2 fully saturated rings. The number of nitrogens with one attached hydrogen (secondary N) is 1. The van der Waals surface area contributed by atoms with Gasteiger partial charge in [-0.3, -0.25) is 9.69 Å². The molecule has 152 valence electrons. The molecule has 0 saturated carbocycles. The van der Waals surface area contributed by atoms with Gasteiger partial charge < -0.3 is 15.1 Å². The Morgan fingerprint density at radius 3 is 2.38 bits per heavy atom. The van der Waals surface area contributed by atoms with E-state index in [1.807, 2.05) is 23.1 Å². The molecule has 0 spiro atoms. The van der Waals surface area contributed by atoms with Gasteiger partial charge >= 0.3 is 6.03 Å². The van der Waals surface area contributed by atoms with Crippen LogP contribution in [0.25, 0.3) is 0 Å². The highest BCUT2D eigenvalue weighted by atomic mass is 19.1. The summed E-state index contributed by atoms with van der Waals surface area (Å²) in [4.78, 5) is 30.7. The Morgan fingerprint density at radius 2 is 1.69 bits per heavy atom. The second-order valence-electron chi connectivity index (χ2n) is 7.58. The number of carbonyl (C=O) groups excluding carboxylic acids is 2. The molecular weight excluding hydrogens is 371 g/mol. The van der Waals surface area contributed by atoms with Gasteiger partial charge in [0.1, 0.15) is 5.82 Å². The minimum absolute atomic E-state index is 0.0606. The molecule has 0 aromatic heterocycles. The van der Waals surface area contributed by atoms with E-state index in [-0.39, 0.29) is 30.2 Å². The lowest BCUT2D eigenvalue weighted by molar-refractivity contribution is -0.117. The number of hydrogen-bond acceptors (Lipinski definition) is 3. The molecule has 1 N–H and O–H groups in total. The zero-order valence-electron chi connectivity index (χ0n) is 16.3. The van der Waals surface area contributed by atoms with Crippen molar-refractivity contribution >= 4 is 17.6 Å². The first kappa shape index (κ1) is 19.4. The fourth-order valence-corrected chi connectivity index (χ4v) is 3.89. The molecule has 2 heterocycles. The Hall–Kier alpha value is -2.93. The van der Waals surface area contributed by atoms with E-state index < -0.39 is 0 Å². The van der Waals surface area contributed by atoms with Crippen molar-refractivity contribution in [1.82, 2.24) is 15.1 Å². The Morgan fingerprint density at radius 1 is 1.00 bits per heavy atom. The molecule has 0 unspecified atom stereocenters. The fourth-order valence-electron chi connectivity index (χ4n) is 3.89. The minimum atomic E-state index is -0.336. The maximum Gasteiger partial charge on any atom is 0.317 e. The molecule has 0 bridgehead atoms. The van der Waals surface area contributed by atoms with E-state index >= 15 is 0 Å². The second-order valence-corrected chi connectivity index (χ2v) is 7.58. The number of anilines is 1. The molecule has 0 aliphatic carbocycles. The van der Waals surface area contributed by atoms with Gasteiger partial charge in [0.15, 0.2) is 0 Å². The summed E-state index contributed by atoms with van der Waals surface area (Å²) in [6.07, 6.45) is 0.261. The van der Waals surface area contributed by atoms with Crippen LogP contribution in [0.5, 0.6) is 0 Å². The summed E-state index contributed by atoms with van der Waals surface area (Å²) in [5, 5.41) is 2.99. The summed E-state index contributed by atoms with van der Waals surface area (Å²) < 4.78 is 13.1. The van der Waals surface area contributed by atoms with E-state index in [1.54, 1.807) is 17.0 Å².